The fraction of sp³-hybridized carbons (Fsp3) is 0.462. The van der Waals surface area contributed by atoms with Crippen LogP contribution in [0.1, 0.15) is 20.3 Å². The Balaban J connectivity index is 3.01. The Morgan fingerprint density at radius 3 is 2.55 bits per heavy atom. The summed E-state index contributed by atoms with van der Waals surface area (Å²) < 4.78 is 30.0. The highest BCUT2D eigenvalue weighted by Crippen LogP contribution is 2.28. The number of benzene rings is 1. The van der Waals surface area contributed by atoms with E-state index in [0.717, 1.165) is 12.7 Å². The average molecular weight is 300 g/mol. The maximum Gasteiger partial charge on any atom is 0.229 e. The van der Waals surface area contributed by atoms with E-state index in [-0.39, 0.29) is 17.5 Å². The molecule has 0 fully saturated rings. The molecule has 1 amide bonds. The number of ether oxygens (including phenoxy) is 1. The number of rotatable bonds is 6. The molecule has 1 atom stereocenters. The third-order valence-electron chi connectivity index (χ3n) is 2.82. The van der Waals surface area contributed by atoms with Gasteiger partial charge in [-0.2, -0.15) is 0 Å². The number of hydrogen-bond donors (Lipinski definition) is 2. The highest BCUT2D eigenvalue weighted by atomic mass is 32.2. The van der Waals surface area contributed by atoms with Gasteiger partial charge in [-0.1, -0.05) is 13.8 Å². The van der Waals surface area contributed by atoms with Gasteiger partial charge in [0, 0.05) is 11.6 Å². The van der Waals surface area contributed by atoms with E-state index in [1.165, 1.54) is 13.2 Å². The summed E-state index contributed by atoms with van der Waals surface area (Å²) in [7, 11) is -1.97. The van der Waals surface area contributed by atoms with Crippen molar-refractivity contribution >= 4 is 27.3 Å². The van der Waals surface area contributed by atoms with Crippen molar-refractivity contribution in [2.45, 2.75) is 20.3 Å². The van der Waals surface area contributed by atoms with Gasteiger partial charge in [0.2, 0.25) is 15.9 Å². The van der Waals surface area contributed by atoms with E-state index in [0.29, 0.717) is 11.4 Å². The van der Waals surface area contributed by atoms with Crippen LogP contribution in [0.15, 0.2) is 18.2 Å². The van der Waals surface area contributed by atoms with E-state index < -0.39 is 10.0 Å². The minimum Gasteiger partial charge on any atom is -0.495 e. The Labute approximate surface area is 119 Å². The van der Waals surface area contributed by atoms with Crippen LogP contribution in [0.5, 0.6) is 5.75 Å². The molecule has 112 valence electrons. The van der Waals surface area contributed by atoms with Crippen LogP contribution in [0.3, 0.4) is 0 Å². The molecule has 0 aliphatic heterocycles. The van der Waals surface area contributed by atoms with E-state index in [4.69, 9.17) is 4.74 Å². The van der Waals surface area contributed by atoms with Gasteiger partial charge in [-0.15, -0.1) is 0 Å². The van der Waals surface area contributed by atoms with Gasteiger partial charge in [-0.25, -0.2) is 8.42 Å². The first-order chi connectivity index (χ1) is 9.26. The molecule has 1 aromatic carbocycles. The van der Waals surface area contributed by atoms with Crippen LogP contribution >= 0.6 is 0 Å². The molecule has 0 saturated heterocycles. The van der Waals surface area contributed by atoms with Crippen LogP contribution in [0.4, 0.5) is 11.4 Å². The summed E-state index contributed by atoms with van der Waals surface area (Å²) >= 11 is 0. The van der Waals surface area contributed by atoms with Crippen LogP contribution in [0.25, 0.3) is 0 Å². The fourth-order valence-electron chi connectivity index (χ4n) is 1.52. The van der Waals surface area contributed by atoms with E-state index in [1.807, 2.05) is 13.8 Å². The number of carbonyl (C=O) groups is 1. The van der Waals surface area contributed by atoms with Crippen LogP contribution in [0, 0.1) is 5.92 Å². The maximum absolute atomic E-state index is 11.8. The molecule has 6 nitrogen and oxygen atoms in total. The van der Waals surface area contributed by atoms with E-state index >= 15 is 0 Å². The normalized spacial score (nSPS) is 12.6. The van der Waals surface area contributed by atoms with Gasteiger partial charge in [-0.3, -0.25) is 9.52 Å². The molecule has 0 bridgehead atoms. The lowest BCUT2D eigenvalue weighted by Gasteiger charge is -2.14. The Bertz CT molecular complexity index is 584. The van der Waals surface area contributed by atoms with E-state index in [1.54, 1.807) is 12.1 Å². The molecular weight excluding hydrogens is 280 g/mol. The lowest BCUT2D eigenvalue weighted by Crippen LogP contribution is -2.20. The monoisotopic (exact) mass is 300 g/mol. The van der Waals surface area contributed by atoms with Crippen LogP contribution in [-0.4, -0.2) is 27.7 Å². The lowest BCUT2D eigenvalue weighted by atomic mass is 10.1. The summed E-state index contributed by atoms with van der Waals surface area (Å²) in [5, 5.41) is 2.74. The number of carbonyl (C=O) groups excluding carboxylic acids is 1. The molecule has 0 spiro atoms. The molecule has 1 rings (SSSR count). The zero-order valence-electron chi connectivity index (χ0n) is 12.1. The molecular formula is C13H20N2O4S. The molecule has 0 unspecified atom stereocenters. The molecule has 0 aliphatic carbocycles. The number of sulfonamides is 1. The van der Waals surface area contributed by atoms with Crippen LogP contribution in [0.2, 0.25) is 0 Å². The van der Waals surface area contributed by atoms with E-state index in [9.17, 15) is 13.2 Å². The Morgan fingerprint density at radius 1 is 1.40 bits per heavy atom. The lowest BCUT2D eigenvalue weighted by molar-refractivity contribution is -0.119. The molecule has 7 heteroatoms. The molecule has 1 aromatic rings. The summed E-state index contributed by atoms with van der Waals surface area (Å²) in [5.74, 6) is 0.170. The molecule has 2 N–H and O–H groups in total. The summed E-state index contributed by atoms with van der Waals surface area (Å²) in [6.07, 6.45) is 1.79. The van der Waals surface area contributed by atoms with Gasteiger partial charge >= 0.3 is 0 Å². The first kappa shape index (κ1) is 16.3. The van der Waals surface area contributed by atoms with Gasteiger partial charge in [-0.05, 0) is 24.6 Å². The number of amides is 1. The van der Waals surface area contributed by atoms with Gasteiger partial charge < -0.3 is 10.1 Å². The fourth-order valence-corrected chi connectivity index (χ4v) is 2.08. The summed E-state index contributed by atoms with van der Waals surface area (Å²) in [5.41, 5.74) is 0.805. The zero-order chi connectivity index (χ0) is 15.3. The van der Waals surface area contributed by atoms with Crippen molar-refractivity contribution in [3.63, 3.8) is 0 Å². The van der Waals surface area contributed by atoms with Gasteiger partial charge in [0.1, 0.15) is 5.75 Å². The van der Waals surface area contributed by atoms with Gasteiger partial charge in [0.15, 0.2) is 0 Å². The van der Waals surface area contributed by atoms with Crippen molar-refractivity contribution in [1.29, 1.82) is 0 Å². The Kier molecular flexibility index (Phi) is 5.38. The molecule has 0 heterocycles. The van der Waals surface area contributed by atoms with Crippen molar-refractivity contribution in [2.75, 3.05) is 23.4 Å². The largest absolute Gasteiger partial charge is 0.495 e. The van der Waals surface area contributed by atoms with Crippen molar-refractivity contribution in [1.82, 2.24) is 0 Å². The molecule has 20 heavy (non-hydrogen) atoms. The predicted molar refractivity (Wildman–Crippen MR) is 79.5 cm³/mol. The third-order valence-corrected chi connectivity index (χ3v) is 3.41. The Morgan fingerprint density at radius 2 is 2.05 bits per heavy atom. The SMILES string of the molecule is CC[C@@H](C)C(=O)Nc1ccc(OC)c(NS(C)(=O)=O)c1. The standard InChI is InChI=1S/C13H20N2O4S/c1-5-9(2)13(16)14-10-6-7-12(19-3)11(8-10)15-20(4,17)18/h6-9,15H,5H2,1-4H3,(H,14,16)/t9-/m1/s1. The number of methoxy groups -OCH3 is 1. The van der Waals surface area contributed by atoms with Gasteiger partial charge in [0.05, 0.1) is 19.1 Å². The second-order valence-corrected chi connectivity index (χ2v) is 6.34. The van der Waals surface area contributed by atoms with Gasteiger partial charge in [0.25, 0.3) is 0 Å². The van der Waals surface area contributed by atoms with Crippen LogP contribution < -0.4 is 14.8 Å². The number of anilines is 2. The van der Waals surface area contributed by atoms with E-state index in [2.05, 4.69) is 10.0 Å². The minimum atomic E-state index is -3.42. The number of nitrogens with one attached hydrogen (secondary N) is 2. The summed E-state index contributed by atoms with van der Waals surface area (Å²) in [4.78, 5) is 11.8. The third kappa shape index (κ3) is 4.73. The molecule has 0 saturated carbocycles. The second-order valence-electron chi connectivity index (χ2n) is 4.59. The molecule has 0 aromatic heterocycles. The molecule has 0 aliphatic rings. The maximum atomic E-state index is 11.8. The van der Waals surface area contributed by atoms with Crippen molar-refractivity contribution in [3.8, 4) is 5.75 Å². The number of hydrogen-bond acceptors (Lipinski definition) is 4. The van der Waals surface area contributed by atoms with Crippen molar-refractivity contribution < 1.29 is 17.9 Å². The highest BCUT2D eigenvalue weighted by molar-refractivity contribution is 7.92. The second kappa shape index (κ2) is 6.60. The quantitative estimate of drug-likeness (QED) is 0.842. The molecule has 0 radical (unpaired) electrons. The topological polar surface area (TPSA) is 84.5 Å². The Hall–Kier alpha value is -1.76. The van der Waals surface area contributed by atoms with Crippen LogP contribution in [-0.2, 0) is 14.8 Å². The first-order valence-corrected chi connectivity index (χ1v) is 8.12. The smallest absolute Gasteiger partial charge is 0.229 e. The highest BCUT2D eigenvalue weighted by Gasteiger charge is 2.13. The predicted octanol–water partition coefficient (Wildman–Crippen LogP) is 2.05. The minimum absolute atomic E-state index is 0.108. The summed E-state index contributed by atoms with van der Waals surface area (Å²) in [6.45, 7) is 3.75. The summed E-state index contributed by atoms with van der Waals surface area (Å²) in [6, 6.07) is 4.78. The first-order valence-electron chi connectivity index (χ1n) is 6.23. The average Bonchev–Trinajstić information content (AvgIpc) is 2.36. The van der Waals surface area contributed by atoms with Crippen molar-refractivity contribution in [2.24, 2.45) is 5.92 Å². The zero-order valence-corrected chi connectivity index (χ0v) is 12.9. The van der Waals surface area contributed by atoms with Crippen molar-refractivity contribution in [3.05, 3.63) is 18.2 Å².